The van der Waals surface area contributed by atoms with E-state index in [1.807, 2.05) is 18.2 Å². The summed E-state index contributed by atoms with van der Waals surface area (Å²) in [6, 6.07) is 5.32. The summed E-state index contributed by atoms with van der Waals surface area (Å²) in [5.74, 6) is -0.553. The van der Waals surface area contributed by atoms with Crippen LogP contribution in [-0.2, 0) is 20.8 Å². The molecule has 0 aliphatic carbocycles. The first kappa shape index (κ1) is 18.2. The van der Waals surface area contributed by atoms with Crippen LogP contribution in [0.4, 0.5) is 5.69 Å². The van der Waals surface area contributed by atoms with Crippen molar-refractivity contribution >= 4 is 23.5 Å². The van der Waals surface area contributed by atoms with Gasteiger partial charge in [-0.3, -0.25) is 14.4 Å². The summed E-state index contributed by atoms with van der Waals surface area (Å²) in [6.07, 6.45) is 2.63. The summed E-state index contributed by atoms with van der Waals surface area (Å²) >= 11 is 0. The van der Waals surface area contributed by atoms with Crippen LogP contribution in [0.3, 0.4) is 0 Å². The Bertz CT molecular complexity index is 718. The third-order valence-corrected chi connectivity index (χ3v) is 5.17. The molecule has 3 rings (SSSR count). The quantitative estimate of drug-likeness (QED) is 0.757. The second-order valence-electron chi connectivity index (χ2n) is 6.88. The summed E-state index contributed by atoms with van der Waals surface area (Å²) in [5, 5.41) is 12.0. The molecule has 1 fully saturated rings. The fraction of sp³-hybridized carbons (Fsp3) is 0.526. The molecule has 0 spiro atoms. The minimum absolute atomic E-state index is 0.0157. The number of fused-ring (bicyclic) bond motifs is 1. The second-order valence-corrected chi connectivity index (χ2v) is 6.88. The predicted octanol–water partition coefficient (Wildman–Crippen LogP) is 2.05. The lowest BCUT2D eigenvalue weighted by atomic mass is 10.0. The van der Waals surface area contributed by atoms with Crippen molar-refractivity contribution in [2.45, 2.75) is 45.1 Å². The minimum atomic E-state index is -0.834. The molecule has 0 saturated carbocycles. The number of anilines is 1. The van der Waals surface area contributed by atoms with Gasteiger partial charge in [0, 0.05) is 31.1 Å². The number of carboxylic acid groups (broad SMARTS) is 1. The number of rotatable bonds is 6. The van der Waals surface area contributed by atoms with Crippen LogP contribution in [0.15, 0.2) is 18.2 Å². The fourth-order valence-electron chi connectivity index (χ4n) is 3.63. The zero-order valence-corrected chi connectivity index (χ0v) is 14.9. The van der Waals surface area contributed by atoms with Crippen LogP contribution in [0, 0.1) is 5.92 Å². The maximum atomic E-state index is 12.3. The predicted molar refractivity (Wildman–Crippen MR) is 95.0 cm³/mol. The number of carbonyl (C=O) groups is 3. The number of likely N-dealkylation sites (tertiary alicyclic amines) is 1. The number of nitrogens with one attached hydrogen (secondary N) is 1. The van der Waals surface area contributed by atoms with E-state index in [4.69, 9.17) is 9.84 Å². The van der Waals surface area contributed by atoms with Gasteiger partial charge in [0.2, 0.25) is 11.8 Å². The summed E-state index contributed by atoms with van der Waals surface area (Å²) < 4.78 is 5.72. The number of carboxylic acids is 1. The molecule has 0 radical (unpaired) electrons. The zero-order chi connectivity index (χ0) is 18.7. The maximum absolute atomic E-state index is 12.3. The number of aryl methyl sites for hydroxylation is 1. The first-order valence-electron chi connectivity index (χ1n) is 9.03. The molecule has 0 aromatic heterocycles. The van der Waals surface area contributed by atoms with Gasteiger partial charge in [-0.05, 0) is 49.9 Å². The highest BCUT2D eigenvalue weighted by atomic mass is 16.5. The van der Waals surface area contributed by atoms with E-state index < -0.39 is 11.9 Å². The van der Waals surface area contributed by atoms with Crippen molar-refractivity contribution in [3.63, 3.8) is 0 Å². The average molecular weight is 360 g/mol. The second kappa shape index (κ2) is 7.76. The van der Waals surface area contributed by atoms with E-state index in [2.05, 4.69) is 5.32 Å². The Morgan fingerprint density at radius 1 is 1.35 bits per heavy atom. The number of nitrogens with zero attached hydrogens (tertiary/aromatic N) is 1. The van der Waals surface area contributed by atoms with E-state index in [-0.39, 0.29) is 17.9 Å². The van der Waals surface area contributed by atoms with E-state index in [9.17, 15) is 14.4 Å². The van der Waals surface area contributed by atoms with Gasteiger partial charge in [-0.25, -0.2) is 0 Å². The topological polar surface area (TPSA) is 95.9 Å². The highest BCUT2D eigenvalue weighted by Crippen LogP contribution is 2.27. The van der Waals surface area contributed by atoms with Gasteiger partial charge in [0.05, 0.1) is 12.5 Å². The standard InChI is InChI=1S/C19H24N2O5/c1-12-15(19(24)25)8-9-21(12)18(23)3-2-10-26-14-5-6-16-13(11-14)4-7-17(22)20-16/h5-6,11-12,15H,2-4,7-10H2,1H3,(H,20,22)(H,24,25). The Labute approximate surface area is 152 Å². The largest absolute Gasteiger partial charge is 0.494 e. The van der Waals surface area contributed by atoms with Crippen LogP contribution in [-0.4, -0.2) is 47.0 Å². The van der Waals surface area contributed by atoms with Crippen molar-refractivity contribution in [3.8, 4) is 5.75 Å². The lowest BCUT2D eigenvalue weighted by Gasteiger charge is -2.23. The lowest BCUT2D eigenvalue weighted by Crippen LogP contribution is -2.37. The number of ether oxygens (including phenoxy) is 1. The molecule has 2 amide bonds. The molecule has 2 unspecified atom stereocenters. The van der Waals surface area contributed by atoms with E-state index in [1.165, 1.54) is 0 Å². The molecule has 2 heterocycles. The Balaban J connectivity index is 1.44. The van der Waals surface area contributed by atoms with E-state index in [1.54, 1.807) is 11.8 Å². The van der Waals surface area contributed by atoms with Gasteiger partial charge in [-0.2, -0.15) is 0 Å². The molecule has 7 nitrogen and oxygen atoms in total. The van der Waals surface area contributed by atoms with E-state index >= 15 is 0 Å². The molecule has 1 aromatic rings. The SMILES string of the molecule is CC1C(C(=O)O)CCN1C(=O)CCCOc1ccc2c(c1)CCC(=O)N2. The number of hydrogen-bond acceptors (Lipinski definition) is 4. The monoisotopic (exact) mass is 360 g/mol. The van der Waals surface area contributed by atoms with Crippen molar-refractivity contribution in [1.29, 1.82) is 0 Å². The number of carbonyl (C=O) groups excluding carboxylic acids is 2. The van der Waals surface area contributed by atoms with Crippen molar-refractivity contribution < 1.29 is 24.2 Å². The molecule has 7 heteroatoms. The van der Waals surface area contributed by atoms with Gasteiger partial charge in [-0.1, -0.05) is 0 Å². The van der Waals surface area contributed by atoms with Gasteiger partial charge in [-0.15, -0.1) is 0 Å². The molecule has 1 saturated heterocycles. The molecule has 2 atom stereocenters. The highest BCUT2D eigenvalue weighted by Gasteiger charge is 2.37. The smallest absolute Gasteiger partial charge is 0.308 e. The van der Waals surface area contributed by atoms with Crippen LogP contribution in [0.2, 0.25) is 0 Å². The number of amides is 2. The van der Waals surface area contributed by atoms with Crippen LogP contribution in [0.25, 0.3) is 0 Å². The van der Waals surface area contributed by atoms with E-state index in [0.717, 1.165) is 17.0 Å². The maximum Gasteiger partial charge on any atom is 0.308 e. The molecule has 140 valence electrons. The molecule has 2 aliphatic heterocycles. The molecular formula is C19H24N2O5. The number of benzene rings is 1. The summed E-state index contributed by atoms with van der Waals surface area (Å²) in [7, 11) is 0. The van der Waals surface area contributed by atoms with Crippen LogP contribution in [0.1, 0.15) is 38.2 Å². The third kappa shape index (κ3) is 3.98. The van der Waals surface area contributed by atoms with E-state index in [0.29, 0.717) is 45.3 Å². The van der Waals surface area contributed by atoms with Crippen LogP contribution < -0.4 is 10.1 Å². The molecule has 26 heavy (non-hydrogen) atoms. The number of aliphatic carboxylic acids is 1. The van der Waals surface area contributed by atoms with Gasteiger partial charge in [0.25, 0.3) is 0 Å². The molecule has 2 aliphatic rings. The van der Waals surface area contributed by atoms with Gasteiger partial charge >= 0.3 is 5.97 Å². The van der Waals surface area contributed by atoms with Gasteiger partial charge in [0.15, 0.2) is 0 Å². The summed E-state index contributed by atoms with van der Waals surface area (Å²) in [5.41, 5.74) is 1.89. The zero-order valence-electron chi connectivity index (χ0n) is 14.9. The van der Waals surface area contributed by atoms with Crippen molar-refractivity contribution in [2.24, 2.45) is 5.92 Å². The highest BCUT2D eigenvalue weighted by molar-refractivity contribution is 5.94. The molecular weight excluding hydrogens is 336 g/mol. The van der Waals surface area contributed by atoms with Crippen molar-refractivity contribution in [2.75, 3.05) is 18.5 Å². The fourth-order valence-corrected chi connectivity index (χ4v) is 3.63. The third-order valence-electron chi connectivity index (χ3n) is 5.17. The molecule has 2 N–H and O–H groups in total. The molecule has 1 aromatic carbocycles. The lowest BCUT2D eigenvalue weighted by molar-refractivity contribution is -0.143. The minimum Gasteiger partial charge on any atom is -0.494 e. The Morgan fingerprint density at radius 3 is 2.88 bits per heavy atom. The Kier molecular flexibility index (Phi) is 5.44. The Morgan fingerprint density at radius 2 is 2.15 bits per heavy atom. The Hall–Kier alpha value is -2.57. The summed E-state index contributed by atoms with van der Waals surface area (Å²) in [6.45, 7) is 2.72. The van der Waals surface area contributed by atoms with Gasteiger partial charge < -0.3 is 20.1 Å². The van der Waals surface area contributed by atoms with Gasteiger partial charge in [0.1, 0.15) is 5.75 Å². The van der Waals surface area contributed by atoms with Crippen LogP contribution >= 0.6 is 0 Å². The van der Waals surface area contributed by atoms with Crippen LogP contribution in [0.5, 0.6) is 5.75 Å². The van der Waals surface area contributed by atoms with Crippen molar-refractivity contribution in [1.82, 2.24) is 4.90 Å². The van der Waals surface area contributed by atoms with Crippen molar-refractivity contribution in [3.05, 3.63) is 23.8 Å². The normalized spacial score (nSPS) is 21.9. The average Bonchev–Trinajstić information content (AvgIpc) is 3.00. The summed E-state index contributed by atoms with van der Waals surface area (Å²) in [4.78, 5) is 36.5. The first-order valence-corrected chi connectivity index (χ1v) is 9.03. The number of hydrogen-bond donors (Lipinski definition) is 2. The first-order chi connectivity index (χ1) is 12.5. The molecule has 0 bridgehead atoms.